The Morgan fingerprint density at radius 3 is 2.59 bits per heavy atom. The maximum absolute atomic E-state index is 5.87. The fourth-order valence-electron chi connectivity index (χ4n) is 2.18. The lowest BCUT2D eigenvalue weighted by atomic mass is 10.2. The van der Waals surface area contributed by atoms with Gasteiger partial charge in [-0.15, -0.1) is 0 Å². The van der Waals surface area contributed by atoms with Crippen molar-refractivity contribution < 1.29 is 4.74 Å². The Labute approximate surface area is 139 Å². The van der Waals surface area contributed by atoms with Crippen LogP contribution in [0, 0.1) is 0 Å². The average molecular weight is 332 g/mol. The van der Waals surface area contributed by atoms with Crippen molar-refractivity contribution in [1.82, 2.24) is 5.43 Å². The summed E-state index contributed by atoms with van der Waals surface area (Å²) in [5.74, 6) is 1.51. The van der Waals surface area contributed by atoms with E-state index in [1.54, 1.807) is 17.5 Å². The van der Waals surface area contributed by atoms with Crippen molar-refractivity contribution in [1.29, 1.82) is 0 Å². The van der Waals surface area contributed by atoms with Gasteiger partial charge < -0.3 is 4.74 Å². The van der Waals surface area contributed by atoms with E-state index < -0.39 is 0 Å². The molecule has 2 aromatic carbocycles. The quantitative estimate of drug-likeness (QED) is 0.851. The number of hydrogen-bond donors (Lipinski definition) is 1. The zero-order chi connectivity index (χ0) is 15.4. The molecule has 1 aliphatic rings. The summed E-state index contributed by atoms with van der Waals surface area (Å²) in [6.07, 6.45) is -0.152. The van der Waals surface area contributed by atoms with E-state index in [-0.39, 0.29) is 6.17 Å². The van der Waals surface area contributed by atoms with Gasteiger partial charge in [-0.3, -0.25) is 10.3 Å². The Balaban J connectivity index is 1.74. The molecular weight excluding hydrogens is 318 g/mol. The van der Waals surface area contributed by atoms with Crippen LogP contribution in [0.5, 0.6) is 5.75 Å². The van der Waals surface area contributed by atoms with E-state index in [4.69, 9.17) is 28.6 Å². The minimum atomic E-state index is -0.152. The molecule has 2 aromatic rings. The maximum atomic E-state index is 5.87. The lowest BCUT2D eigenvalue weighted by molar-refractivity contribution is 0.375. The molecule has 0 saturated carbocycles. The van der Waals surface area contributed by atoms with Gasteiger partial charge >= 0.3 is 0 Å². The highest BCUT2D eigenvalue weighted by Crippen LogP contribution is 2.20. The first-order valence-electron chi connectivity index (χ1n) is 6.78. The van der Waals surface area contributed by atoms with Crippen molar-refractivity contribution in [3.8, 4) is 5.75 Å². The first kappa shape index (κ1) is 14.8. The molecule has 0 fully saturated rings. The first-order valence-corrected chi connectivity index (χ1v) is 7.63. The summed E-state index contributed by atoms with van der Waals surface area (Å²) in [7, 11) is 0. The summed E-state index contributed by atoms with van der Waals surface area (Å²) in [5.41, 5.74) is 4.01. The lowest BCUT2D eigenvalue weighted by Crippen LogP contribution is -2.42. The molecule has 0 bridgehead atoms. The van der Waals surface area contributed by atoms with E-state index in [1.807, 2.05) is 47.4 Å². The Morgan fingerprint density at radius 2 is 1.91 bits per heavy atom. The Bertz CT molecular complexity index is 676. The molecule has 1 N–H and O–H groups in total. The highest BCUT2D eigenvalue weighted by Gasteiger charge is 2.27. The number of nitrogens with zero attached hydrogens (tertiary/aromatic N) is 2. The van der Waals surface area contributed by atoms with Crippen LogP contribution < -0.4 is 15.1 Å². The minimum absolute atomic E-state index is 0.152. The van der Waals surface area contributed by atoms with Crippen molar-refractivity contribution in [2.75, 3.05) is 11.5 Å². The van der Waals surface area contributed by atoms with Gasteiger partial charge in [-0.2, -0.15) is 5.10 Å². The second kappa shape index (κ2) is 6.77. The molecule has 112 valence electrons. The number of para-hydroxylation sites is 1. The van der Waals surface area contributed by atoms with Gasteiger partial charge in [0, 0.05) is 16.1 Å². The van der Waals surface area contributed by atoms with Crippen LogP contribution >= 0.6 is 23.8 Å². The van der Waals surface area contributed by atoms with Crippen LogP contribution in [0.25, 0.3) is 0 Å². The average Bonchev–Trinajstić information content (AvgIpc) is 2.98. The second-order valence-electron chi connectivity index (χ2n) is 4.69. The van der Waals surface area contributed by atoms with E-state index in [2.05, 4.69) is 10.5 Å². The summed E-state index contributed by atoms with van der Waals surface area (Å²) >= 11 is 10.9. The molecule has 1 unspecified atom stereocenters. The molecule has 0 radical (unpaired) electrons. The van der Waals surface area contributed by atoms with Gasteiger partial charge in [0.25, 0.3) is 0 Å². The third-order valence-electron chi connectivity index (χ3n) is 3.23. The molecule has 1 atom stereocenters. The van der Waals surface area contributed by atoms with Gasteiger partial charge in [0.2, 0.25) is 0 Å². The normalized spacial score (nSPS) is 16.9. The number of thiocarbonyl (C=S) groups is 1. The lowest BCUT2D eigenvalue weighted by Gasteiger charge is -2.24. The molecule has 1 aliphatic heterocycles. The maximum Gasteiger partial charge on any atom is 0.169 e. The van der Waals surface area contributed by atoms with Crippen molar-refractivity contribution in [2.45, 2.75) is 6.17 Å². The van der Waals surface area contributed by atoms with E-state index in [0.29, 0.717) is 11.6 Å². The number of nitrogens with one attached hydrogen (secondary N) is 1. The summed E-state index contributed by atoms with van der Waals surface area (Å²) in [6.45, 7) is 0.337. The SMILES string of the molecule is S=CC1NN=C(COc2ccc(Cl)cc2)N1c1ccccc1. The molecule has 22 heavy (non-hydrogen) atoms. The molecule has 0 amide bonds. The van der Waals surface area contributed by atoms with Crippen molar-refractivity contribution in [3.63, 3.8) is 0 Å². The van der Waals surface area contributed by atoms with Gasteiger partial charge in [-0.1, -0.05) is 42.0 Å². The number of anilines is 1. The standard InChI is InChI=1S/C16H14ClN3OS/c17-12-6-8-14(9-7-12)21-10-15-18-19-16(11-22)20(15)13-4-2-1-3-5-13/h1-9,11,16,19H,10H2. The molecule has 1 heterocycles. The number of halogens is 1. The molecule has 4 nitrogen and oxygen atoms in total. The monoisotopic (exact) mass is 331 g/mol. The Kier molecular flexibility index (Phi) is 4.56. The summed E-state index contributed by atoms with van der Waals surface area (Å²) < 4.78 is 5.77. The highest BCUT2D eigenvalue weighted by atomic mass is 35.5. The fraction of sp³-hybridized carbons (Fsp3) is 0.125. The van der Waals surface area contributed by atoms with Gasteiger partial charge in [0.1, 0.15) is 18.5 Å². The number of benzene rings is 2. The highest BCUT2D eigenvalue weighted by molar-refractivity contribution is 7.79. The predicted octanol–water partition coefficient (Wildman–Crippen LogP) is 3.47. The van der Waals surface area contributed by atoms with Gasteiger partial charge in [0.15, 0.2) is 5.84 Å². The van der Waals surface area contributed by atoms with Crippen LogP contribution in [0.2, 0.25) is 5.02 Å². The van der Waals surface area contributed by atoms with Crippen LogP contribution in [0.1, 0.15) is 0 Å². The van der Waals surface area contributed by atoms with E-state index in [1.165, 1.54) is 0 Å². The molecule has 6 heteroatoms. The molecule has 0 aromatic heterocycles. The first-order chi connectivity index (χ1) is 10.8. The Morgan fingerprint density at radius 1 is 1.18 bits per heavy atom. The third-order valence-corrected chi connectivity index (χ3v) is 3.74. The summed E-state index contributed by atoms with van der Waals surface area (Å²) in [4.78, 5) is 2.02. The number of hydrogen-bond acceptors (Lipinski definition) is 5. The fourth-order valence-corrected chi connectivity index (χ4v) is 2.49. The number of ether oxygens (including phenoxy) is 1. The van der Waals surface area contributed by atoms with Crippen LogP contribution in [0.15, 0.2) is 59.7 Å². The van der Waals surface area contributed by atoms with Gasteiger partial charge in [-0.25, -0.2) is 0 Å². The van der Waals surface area contributed by atoms with Crippen molar-refractivity contribution in [3.05, 3.63) is 59.6 Å². The summed E-state index contributed by atoms with van der Waals surface area (Å²) in [6, 6.07) is 17.2. The zero-order valence-corrected chi connectivity index (χ0v) is 13.2. The van der Waals surface area contributed by atoms with Crippen LogP contribution in [-0.2, 0) is 0 Å². The smallest absolute Gasteiger partial charge is 0.169 e. The molecule has 0 aliphatic carbocycles. The molecule has 0 saturated heterocycles. The van der Waals surface area contributed by atoms with Crippen LogP contribution in [0.3, 0.4) is 0 Å². The van der Waals surface area contributed by atoms with Gasteiger partial charge in [-0.05, 0) is 36.4 Å². The van der Waals surface area contributed by atoms with Gasteiger partial charge in [0.05, 0.1) is 0 Å². The van der Waals surface area contributed by atoms with E-state index in [9.17, 15) is 0 Å². The van der Waals surface area contributed by atoms with E-state index >= 15 is 0 Å². The van der Waals surface area contributed by atoms with Crippen LogP contribution in [0.4, 0.5) is 5.69 Å². The second-order valence-corrected chi connectivity index (χ2v) is 5.39. The zero-order valence-electron chi connectivity index (χ0n) is 11.6. The molecule has 0 spiro atoms. The molecule has 3 rings (SSSR count). The number of rotatable bonds is 5. The molecular formula is C16H14ClN3OS. The number of hydrazone groups is 1. The van der Waals surface area contributed by atoms with Crippen LogP contribution in [-0.4, -0.2) is 24.0 Å². The summed E-state index contributed by atoms with van der Waals surface area (Å²) in [5, 5.41) is 6.65. The third kappa shape index (κ3) is 3.21. The Hall–Kier alpha value is -2.11. The van der Waals surface area contributed by atoms with Crippen molar-refractivity contribution in [2.24, 2.45) is 5.10 Å². The topological polar surface area (TPSA) is 36.9 Å². The van der Waals surface area contributed by atoms with Crippen molar-refractivity contribution >= 4 is 40.7 Å². The number of amidine groups is 1. The van der Waals surface area contributed by atoms with E-state index in [0.717, 1.165) is 17.3 Å². The largest absolute Gasteiger partial charge is 0.486 e. The minimum Gasteiger partial charge on any atom is -0.486 e. The predicted molar refractivity (Wildman–Crippen MR) is 93.9 cm³/mol.